The number of nitrogens with zero attached hydrogens (tertiary/aromatic N) is 1. The lowest BCUT2D eigenvalue weighted by Crippen LogP contribution is -1.93. The van der Waals surface area contributed by atoms with Crippen molar-refractivity contribution in [3.8, 4) is 0 Å². The van der Waals surface area contributed by atoms with Crippen molar-refractivity contribution in [2.24, 2.45) is 0 Å². The SMILES string of the molecule is CC(C)c1c(Cl)cc(F)c2sc(N)nc12. The van der Waals surface area contributed by atoms with Crippen LogP contribution in [0.25, 0.3) is 10.2 Å². The molecule has 1 aromatic heterocycles. The van der Waals surface area contributed by atoms with Gasteiger partial charge in [-0.25, -0.2) is 9.37 Å². The molecular weight excluding hydrogens is 235 g/mol. The minimum atomic E-state index is -0.353. The number of anilines is 1. The zero-order chi connectivity index (χ0) is 11.2. The second-order valence-corrected chi connectivity index (χ2v) is 5.08. The number of fused-ring (bicyclic) bond motifs is 1. The van der Waals surface area contributed by atoms with E-state index in [9.17, 15) is 4.39 Å². The van der Waals surface area contributed by atoms with Crippen LogP contribution in [0.4, 0.5) is 9.52 Å². The third-order valence-corrected chi connectivity index (χ3v) is 3.41. The molecule has 0 spiro atoms. The van der Waals surface area contributed by atoms with Crippen molar-refractivity contribution >= 4 is 38.3 Å². The Bertz CT molecular complexity index is 522. The number of halogens is 2. The Morgan fingerprint density at radius 2 is 2.20 bits per heavy atom. The summed E-state index contributed by atoms with van der Waals surface area (Å²) in [4.78, 5) is 4.13. The van der Waals surface area contributed by atoms with Gasteiger partial charge in [-0.3, -0.25) is 0 Å². The summed E-state index contributed by atoms with van der Waals surface area (Å²) in [5.41, 5.74) is 7.03. The molecule has 0 aliphatic heterocycles. The average Bonchev–Trinajstić information content (AvgIpc) is 2.45. The maximum Gasteiger partial charge on any atom is 0.181 e. The van der Waals surface area contributed by atoms with E-state index < -0.39 is 0 Å². The Morgan fingerprint density at radius 3 is 2.80 bits per heavy atom. The number of thiazole rings is 1. The summed E-state index contributed by atoms with van der Waals surface area (Å²) in [7, 11) is 0. The van der Waals surface area contributed by atoms with Crippen molar-refractivity contribution in [1.29, 1.82) is 0 Å². The molecule has 5 heteroatoms. The summed E-state index contributed by atoms with van der Waals surface area (Å²) in [5.74, 6) is -0.157. The molecule has 2 rings (SSSR count). The Balaban J connectivity index is 2.89. The van der Waals surface area contributed by atoms with E-state index in [1.807, 2.05) is 13.8 Å². The monoisotopic (exact) mass is 244 g/mol. The zero-order valence-electron chi connectivity index (χ0n) is 8.34. The van der Waals surface area contributed by atoms with Gasteiger partial charge in [0.1, 0.15) is 5.82 Å². The molecule has 0 fully saturated rings. The van der Waals surface area contributed by atoms with Gasteiger partial charge in [-0.05, 0) is 12.0 Å². The van der Waals surface area contributed by atoms with E-state index in [1.54, 1.807) is 0 Å². The lowest BCUT2D eigenvalue weighted by molar-refractivity contribution is 0.640. The molecule has 0 atom stereocenters. The molecule has 1 aromatic carbocycles. The molecule has 2 N–H and O–H groups in total. The maximum absolute atomic E-state index is 13.5. The summed E-state index contributed by atoms with van der Waals surface area (Å²) in [6.07, 6.45) is 0. The third kappa shape index (κ3) is 1.68. The standard InChI is InChI=1S/C10H10ClFN2S/c1-4(2)7-5(11)3-6(12)9-8(7)14-10(13)15-9/h3-4H,1-2H3,(H2,13,14). The van der Waals surface area contributed by atoms with Gasteiger partial charge in [0.2, 0.25) is 0 Å². The van der Waals surface area contributed by atoms with Crippen LogP contribution in [0.2, 0.25) is 5.02 Å². The molecular formula is C10H10ClFN2S. The van der Waals surface area contributed by atoms with Gasteiger partial charge in [0.25, 0.3) is 0 Å². The number of hydrogen-bond acceptors (Lipinski definition) is 3. The molecule has 2 nitrogen and oxygen atoms in total. The van der Waals surface area contributed by atoms with Crippen LogP contribution in [0.15, 0.2) is 6.07 Å². The highest BCUT2D eigenvalue weighted by Gasteiger charge is 2.17. The topological polar surface area (TPSA) is 38.9 Å². The first-order valence-corrected chi connectivity index (χ1v) is 5.74. The van der Waals surface area contributed by atoms with Gasteiger partial charge in [0.05, 0.1) is 10.2 Å². The maximum atomic E-state index is 13.5. The van der Waals surface area contributed by atoms with Crippen LogP contribution in [0.5, 0.6) is 0 Å². The molecule has 0 aliphatic carbocycles. The molecule has 0 aliphatic rings. The minimum Gasteiger partial charge on any atom is -0.375 e. The second kappa shape index (κ2) is 3.61. The fourth-order valence-electron chi connectivity index (χ4n) is 1.60. The van der Waals surface area contributed by atoms with Crippen LogP contribution >= 0.6 is 22.9 Å². The molecule has 15 heavy (non-hydrogen) atoms. The van der Waals surface area contributed by atoms with E-state index in [-0.39, 0.29) is 11.7 Å². The predicted molar refractivity (Wildman–Crippen MR) is 63.1 cm³/mol. The first-order chi connectivity index (χ1) is 7.00. The molecule has 0 bridgehead atoms. The lowest BCUT2D eigenvalue weighted by Gasteiger charge is -2.08. The van der Waals surface area contributed by atoms with E-state index >= 15 is 0 Å². The van der Waals surface area contributed by atoms with Crippen molar-refractivity contribution in [1.82, 2.24) is 4.98 Å². The number of benzene rings is 1. The molecule has 0 saturated carbocycles. The van der Waals surface area contributed by atoms with Crippen LogP contribution in [0.3, 0.4) is 0 Å². The van der Waals surface area contributed by atoms with Gasteiger partial charge >= 0.3 is 0 Å². The number of nitrogen functional groups attached to an aromatic ring is 1. The highest BCUT2D eigenvalue weighted by molar-refractivity contribution is 7.22. The molecule has 0 saturated heterocycles. The van der Waals surface area contributed by atoms with Crippen molar-refractivity contribution in [2.75, 3.05) is 5.73 Å². The van der Waals surface area contributed by atoms with Gasteiger partial charge in [-0.15, -0.1) is 0 Å². The summed E-state index contributed by atoms with van der Waals surface area (Å²) >= 11 is 7.15. The van der Waals surface area contributed by atoms with Gasteiger partial charge < -0.3 is 5.73 Å². The van der Waals surface area contributed by atoms with Crippen molar-refractivity contribution in [3.63, 3.8) is 0 Å². The summed E-state index contributed by atoms with van der Waals surface area (Å²) in [6.45, 7) is 3.99. The quantitative estimate of drug-likeness (QED) is 0.829. The van der Waals surface area contributed by atoms with Crippen LogP contribution < -0.4 is 5.73 Å². The van der Waals surface area contributed by atoms with E-state index in [4.69, 9.17) is 17.3 Å². The zero-order valence-corrected chi connectivity index (χ0v) is 9.92. The fourth-order valence-corrected chi connectivity index (χ4v) is 2.76. The first kappa shape index (κ1) is 10.6. The molecule has 2 aromatic rings. The van der Waals surface area contributed by atoms with E-state index in [0.29, 0.717) is 20.4 Å². The molecule has 0 unspecified atom stereocenters. The first-order valence-electron chi connectivity index (χ1n) is 4.54. The van der Waals surface area contributed by atoms with Crippen LogP contribution in [-0.4, -0.2) is 4.98 Å². The summed E-state index contributed by atoms with van der Waals surface area (Å²) < 4.78 is 14.0. The number of hydrogen-bond donors (Lipinski definition) is 1. The molecule has 80 valence electrons. The van der Waals surface area contributed by atoms with Gasteiger partial charge in [0, 0.05) is 10.6 Å². The number of rotatable bonds is 1. The van der Waals surface area contributed by atoms with Gasteiger partial charge in [0.15, 0.2) is 5.13 Å². The summed E-state index contributed by atoms with van der Waals surface area (Å²) in [5, 5.41) is 0.786. The number of nitrogens with two attached hydrogens (primary N) is 1. The van der Waals surface area contributed by atoms with Gasteiger partial charge in [-0.2, -0.15) is 0 Å². The Labute approximate surface area is 95.9 Å². The highest BCUT2D eigenvalue weighted by atomic mass is 35.5. The third-order valence-electron chi connectivity index (χ3n) is 2.20. The fraction of sp³-hybridized carbons (Fsp3) is 0.300. The highest BCUT2D eigenvalue weighted by Crippen LogP contribution is 2.36. The Hall–Kier alpha value is -0.870. The Morgan fingerprint density at radius 1 is 1.53 bits per heavy atom. The van der Waals surface area contributed by atoms with E-state index in [0.717, 1.165) is 16.9 Å². The van der Waals surface area contributed by atoms with E-state index in [2.05, 4.69) is 4.98 Å². The predicted octanol–water partition coefficient (Wildman–Crippen LogP) is 3.79. The molecule has 1 heterocycles. The molecule has 0 radical (unpaired) electrons. The van der Waals surface area contributed by atoms with Crippen molar-refractivity contribution in [3.05, 3.63) is 22.5 Å². The summed E-state index contributed by atoms with van der Waals surface area (Å²) in [6, 6.07) is 1.33. The van der Waals surface area contributed by atoms with Crippen LogP contribution in [-0.2, 0) is 0 Å². The van der Waals surface area contributed by atoms with Gasteiger partial charge in [-0.1, -0.05) is 36.8 Å². The lowest BCUT2D eigenvalue weighted by atomic mass is 10.0. The number of aromatic nitrogens is 1. The normalized spacial score (nSPS) is 11.5. The van der Waals surface area contributed by atoms with E-state index in [1.165, 1.54) is 6.07 Å². The smallest absolute Gasteiger partial charge is 0.181 e. The van der Waals surface area contributed by atoms with Crippen LogP contribution in [0, 0.1) is 5.82 Å². The van der Waals surface area contributed by atoms with Crippen molar-refractivity contribution in [2.45, 2.75) is 19.8 Å². The molecule has 0 amide bonds. The van der Waals surface area contributed by atoms with Crippen molar-refractivity contribution < 1.29 is 4.39 Å². The van der Waals surface area contributed by atoms with Crippen LogP contribution in [0.1, 0.15) is 25.3 Å². The Kier molecular flexibility index (Phi) is 2.56. The second-order valence-electron chi connectivity index (χ2n) is 3.64. The largest absolute Gasteiger partial charge is 0.375 e. The minimum absolute atomic E-state index is 0.196. The average molecular weight is 245 g/mol.